The first-order chi connectivity index (χ1) is 7.41. The van der Waals surface area contributed by atoms with Gasteiger partial charge in [0.2, 0.25) is 5.91 Å². The third-order valence-corrected chi connectivity index (χ3v) is 2.52. The number of rotatable bonds is 4. The fourth-order valence-electron chi connectivity index (χ4n) is 1.58. The highest BCUT2D eigenvalue weighted by atomic mass is 16.3. The van der Waals surface area contributed by atoms with Crippen molar-refractivity contribution in [1.82, 2.24) is 4.90 Å². The molecule has 90 valence electrons. The predicted octanol–water partition coefficient (Wildman–Crippen LogP) is 2.98. The van der Waals surface area contributed by atoms with Gasteiger partial charge in [-0.1, -0.05) is 13.8 Å². The molecular weight excluding hydrogens is 202 g/mol. The van der Waals surface area contributed by atoms with Crippen LogP contribution in [-0.4, -0.2) is 16.8 Å². The molecular formula is C13H21NO2. The average Bonchev–Trinajstić information content (AvgIpc) is 2.59. The summed E-state index contributed by atoms with van der Waals surface area (Å²) >= 11 is 0. The van der Waals surface area contributed by atoms with Crippen LogP contribution in [0.3, 0.4) is 0 Å². The van der Waals surface area contributed by atoms with Gasteiger partial charge in [0, 0.05) is 12.0 Å². The van der Waals surface area contributed by atoms with Crippen molar-refractivity contribution in [2.45, 2.75) is 47.2 Å². The molecule has 0 aliphatic heterocycles. The maximum Gasteiger partial charge on any atom is 0.225 e. The van der Waals surface area contributed by atoms with Crippen molar-refractivity contribution in [3.63, 3.8) is 0 Å². The van der Waals surface area contributed by atoms with Crippen LogP contribution in [0.5, 0.6) is 0 Å². The van der Waals surface area contributed by atoms with E-state index in [2.05, 4.69) is 0 Å². The molecule has 1 amide bonds. The zero-order chi connectivity index (χ0) is 12.3. The molecule has 3 nitrogen and oxygen atoms in total. The molecule has 1 aromatic heterocycles. The van der Waals surface area contributed by atoms with Crippen molar-refractivity contribution in [3.05, 3.63) is 23.7 Å². The van der Waals surface area contributed by atoms with Gasteiger partial charge in [0.15, 0.2) is 0 Å². The Morgan fingerprint density at radius 2 is 1.94 bits per heavy atom. The van der Waals surface area contributed by atoms with Crippen molar-refractivity contribution in [2.24, 2.45) is 5.92 Å². The van der Waals surface area contributed by atoms with Gasteiger partial charge in [0.1, 0.15) is 11.5 Å². The molecule has 0 saturated heterocycles. The summed E-state index contributed by atoms with van der Waals surface area (Å²) in [5, 5.41) is 0. The van der Waals surface area contributed by atoms with E-state index >= 15 is 0 Å². The molecule has 0 saturated carbocycles. The normalized spacial score (nSPS) is 11.2. The highest BCUT2D eigenvalue weighted by Crippen LogP contribution is 2.14. The summed E-state index contributed by atoms with van der Waals surface area (Å²) in [5.74, 6) is 1.93. The van der Waals surface area contributed by atoms with Gasteiger partial charge in [-0.15, -0.1) is 0 Å². The molecule has 16 heavy (non-hydrogen) atoms. The summed E-state index contributed by atoms with van der Waals surface area (Å²) in [5.41, 5.74) is 0. The van der Waals surface area contributed by atoms with Gasteiger partial charge < -0.3 is 9.32 Å². The Kier molecular flexibility index (Phi) is 4.16. The van der Waals surface area contributed by atoms with Crippen LogP contribution in [0.4, 0.5) is 0 Å². The highest BCUT2D eigenvalue weighted by Gasteiger charge is 2.20. The molecule has 0 spiro atoms. The van der Waals surface area contributed by atoms with Crippen molar-refractivity contribution in [1.29, 1.82) is 0 Å². The number of carbonyl (C=O) groups is 1. The molecule has 0 atom stereocenters. The van der Waals surface area contributed by atoms with Crippen molar-refractivity contribution in [2.75, 3.05) is 0 Å². The van der Waals surface area contributed by atoms with Crippen molar-refractivity contribution >= 4 is 5.91 Å². The number of hydrogen-bond acceptors (Lipinski definition) is 2. The molecule has 0 aromatic carbocycles. The molecule has 0 bridgehead atoms. The first-order valence-electron chi connectivity index (χ1n) is 5.77. The summed E-state index contributed by atoms with van der Waals surface area (Å²) in [6.07, 6.45) is 0. The lowest BCUT2D eigenvalue weighted by atomic mass is 10.1. The van der Waals surface area contributed by atoms with Gasteiger partial charge in [-0.05, 0) is 32.9 Å². The molecule has 0 fully saturated rings. The van der Waals surface area contributed by atoms with E-state index in [4.69, 9.17) is 4.42 Å². The van der Waals surface area contributed by atoms with Crippen LogP contribution in [0.25, 0.3) is 0 Å². The second-order valence-corrected chi connectivity index (χ2v) is 4.73. The first kappa shape index (κ1) is 12.8. The fraction of sp³-hybridized carbons (Fsp3) is 0.615. The first-order valence-corrected chi connectivity index (χ1v) is 5.77. The molecule has 1 heterocycles. The molecule has 0 unspecified atom stereocenters. The standard InChI is InChI=1S/C13H21NO2/c1-9(2)13(15)14(10(3)4)8-12-7-6-11(5)16-12/h6-7,9-10H,8H2,1-5H3. The monoisotopic (exact) mass is 223 g/mol. The number of carbonyl (C=O) groups excluding carboxylic acids is 1. The van der Waals surface area contributed by atoms with E-state index in [-0.39, 0.29) is 17.9 Å². The Morgan fingerprint density at radius 3 is 2.31 bits per heavy atom. The Bertz CT molecular complexity index is 353. The van der Waals surface area contributed by atoms with Gasteiger partial charge in [-0.2, -0.15) is 0 Å². The molecule has 0 radical (unpaired) electrons. The van der Waals surface area contributed by atoms with E-state index in [1.807, 2.05) is 51.7 Å². The van der Waals surface area contributed by atoms with E-state index in [1.165, 1.54) is 0 Å². The van der Waals surface area contributed by atoms with Crippen molar-refractivity contribution < 1.29 is 9.21 Å². The topological polar surface area (TPSA) is 33.5 Å². The average molecular weight is 223 g/mol. The zero-order valence-corrected chi connectivity index (χ0v) is 10.8. The SMILES string of the molecule is Cc1ccc(CN(C(=O)C(C)C)C(C)C)o1. The minimum Gasteiger partial charge on any atom is -0.464 e. The van der Waals surface area contributed by atoms with Gasteiger partial charge in [0.25, 0.3) is 0 Å². The van der Waals surface area contributed by atoms with E-state index in [9.17, 15) is 4.79 Å². The van der Waals surface area contributed by atoms with E-state index in [0.717, 1.165) is 11.5 Å². The molecule has 0 aliphatic carbocycles. The summed E-state index contributed by atoms with van der Waals surface area (Å²) in [4.78, 5) is 13.8. The predicted molar refractivity (Wildman–Crippen MR) is 64.0 cm³/mol. The molecule has 3 heteroatoms. The van der Waals surface area contributed by atoms with E-state index in [1.54, 1.807) is 0 Å². The minimum atomic E-state index is 0.0264. The van der Waals surface area contributed by atoms with Crippen LogP contribution in [0.15, 0.2) is 16.5 Å². The Labute approximate surface area is 97.4 Å². The fourth-order valence-corrected chi connectivity index (χ4v) is 1.58. The molecule has 0 aliphatic rings. The zero-order valence-electron chi connectivity index (χ0n) is 10.8. The Balaban J connectivity index is 2.76. The van der Waals surface area contributed by atoms with Crippen molar-refractivity contribution in [3.8, 4) is 0 Å². The Morgan fingerprint density at radius 1 is 1.31 bits per heavy atom. The highest BCUT2D eigenvalue weighted by molar-refractivity contribution is 5.78. The van der Waals surface area contributed by atoms with Crippen LogP contribution in [-0.2, 0) is 11.3 Å². The number of aryl methyl sites for hydroxylation is 1. The van der Waals surface area contributed by atoms with E-state index < -0.39 is 0 Å². The smallest absolute Gasteiger partial charge is 0.225 e. The second kappa shape index (κ2) is 5.19. The van der Waals surface area contributed by atoms with Gasteiger partial charge in [-0.25, -0.2) is 0 Å². The maximum atomic E-state index is 12.0. The number of furan rings is 1. The summed E-state index contributed by atoms with van der Waals surface area (Å²) in [7, 11) is 0. The van der Waals surface area contributed by atoms with Crippen LogP contribution in [0.1, 0.15) is 39.2 Å². The third-order valence-electron chi connectivity index (χ3n) is 2.52. The van der Waals surface area contributed by atoms with Crippen LogP contribution in [0, 0.1) is 12.8 Å². The number of nitrogens with zero attached hydrogens (tertiary/aromatic N) is 1. The maximum absolute atomic E-state index is 12.0. The Hall–Kier alpha value is -1.25. The lowest BCUT2D eigenvalue weighted by Crippen LogP contribution is -2.38. The lowest BCUT2D eigenvalue weighted by Gasteiger charge is -2.27. The van der Waals surface area contributed by atoms with Crippen LogP contribution < -0.4 is 0 Å². The molecule has 0 N–H and O–H groups in total. The number of amides is 1. The quantitative estimate of drug-likeness (QED) is 0.786. The van der Waals surface area contributed by atoms with Gasteiger partial charge in [0.05, 0.1) is 6.54 Å². The van der Waals surface area contributed by atoms with Crippen LogP contribution >= 0.6 is 0 Å². The molecule has 1 aromatic rings. The number of hydrogen-bond donors (Lipinski definition) is 0. The minimum absolute atomic E-state index is 0.0264. The lowest BCUT2D eigenvalue weighted by molar-refractivity contribution is -0.137. The summed E-state index contributed by atoms with van der Waals surface area (Å²) in [6, 6.07) is 4.05. The van der Waals surface area contributed by atoms with E-state index in [0.29, 0.717) is 6.54 Å². The molecule has 1 rings (SSSR count). The van der Waals surface area contributed by atoms with Crippen LogP contribution in [0.2, 0.25) is 0 Å². The summed E-state index contributed by atoms with van der Waals surface area (Å²) < 4.78 is 5.50. The summed E-state index contributed by atoms with van der Waals surface area (Å²) in [6.45, 7) is 10.4. The van der Waals surface area contributed by atoms with Gasteiger partial charge >= 0.3 is 0 Å². The second-order valence-electron chi connectivity index (χ2n) is 4.73. The largest absolute Gasteiger partial charge is 0.464 e. The van der Waals surface area contributed by atoms with Gasteiger partial charge in [-0.3, -0.25) is 4.79 Å². The third kappa shape index (κ3) is 3.12.